The van der Waals surface area contributed by atoms with E-state index >= 15 is 0 Å². The van der Waals surface area contributed by atoms with Crippen LogP contribution in [0.5, 0.6) is 5.75 Å². The molecule has 2 aromatic rings. The molecule has 0 spiro atoms. The number of ether oxygens (including phenoxy) is 1. The Labute approximate surface area is 140 Å². The summed E-state index contributed by atoms with van der Waals surface area (Å²) in [4.78, 5) is 25.0. The lowest BCUT2D eigenvalue weighted by atomic mass is 9.93. The molecule has 0 unspecified atom stereocenters. The maximum absolute atomic E-state index is 12.7. The van der Waals surface area contributed by atoms with Gasteiger partial charge >= 0.3 is 0 Å². The van der Waals surface area contributed by atoms with E-state index in [1.807, 2.05) is 24.3 Å². The summed E-state index contributed by atoms with van der Waals surface area (Å²) in [7, 11) is 0. The highest BCUT2D eigenvalue weighted by Gasteiger charge is 2.32. The van der Waals surface area contributed by atoms with E-state index in [0.717, 1.165) is 30.6 Å². The predicted molar refractivity (Wildman–Crippen MR) is 87.6 cm³/mol. The quantitative estimate of drug-likeness (QED) is 0.922. The topological polar surface area (TPSA) is 68.5 Å². The molecule has 0 fully saturated rings. The molecule has 0 saturated heterocycles. The Balaban J connectivity index is 1.56. The molecule has 2 aliphatic rings. The number of hydrogen-bond donors (Lipinski definition) is 1. The first-order valence-corrected chi connectivity index (χ1v) is 8.30. The second-order valence-corrected chi connectivity index (χ2v) is 6.40. The molecule has 1 aliphatic carbocycles. The van der Waals surface area contributed by atoms with E-state index in [2.05, 4.69) is 5.32 Å². The van der Waals surface area contributed by atoms with Crippen LogP contribution in [0, 0.1) is 6.92 Å². The molecule has 1 aliphatic heterocycles. The normalized spacial score (nSPS) is 19.2. The van der Waals surface area contributed by atoms with Crippen LogP contribution >= 0.6 is 0 Å². The second-order valence-electron chi connectivity index (χ2n) is 6.40. The summed E-state index contributed by atoms with van der Waals surface area (Å²) in [5, 5.41) is 3.00. The molecular formula is C19H19NO4. The number of para-hydroxylation sites is 1. The van der Waals surface area contributed by atoms with Gasteiger partial charge in [-0.15, -0.1) is 0 Å². The first-order valence-electron chi connectivity index (χ1n) is 8.30. The summed E-state index contributed by atoms with van der Waals surface area (Å²) in [5.74, 6) is 1.79. The second kappa shape index (κ2) is 5.82. The van der Waals surface area contributed by atoms with Crippen LogP contribution in [0.1, 0.15) is 50.6 Å². The Bertz CT molecular complexity index is 821. The first-order chi connectivity index (χ1) is 11.6. The Morgan fingerprint density at radius 1 is 1.25 bits per heavy atom. The maximum Gasteiger partial charge on any atom is 0.255 e. The minimum absolute atomic E-state index is 0.00323. The van der Waals surface area contributed by atoms with Gasteiger partial charge in [0, 0.05) is 12.8 Å². The van der Waals surface area contributed by atoms with Crippen molar-refractivity contribution >= 4 is 11.7 Å². The lowest BCUT2D eigenvalue weighted by molar-refractivity contribution is 0.0899. The van der Waals surface area contributed by atoms with E-state index in [0.29, 0.717) is 35.7 Å². The molecular weight excluding hydrogens is 306 g/mol. The number of fused-ring (bicyclic) bond motifs is 2. The minimum Gasteiger partial charge on any atom is -0.491 e. The van der Waals surface area contributed by atoms with Gasteiger partial charge < -0.3 is 14.5 Å². The van der Waals surface area contributed by atoms with Crippen molar-refractivity contribution in [3.63, 3.8) is 0 Å². The fraction of sp³-hybridized carbons (Fsp3) is 0.368. The third-order valence-electron chi connectivity index (χ3n) is 4.68. The monoisotopic (exact) mass is 325 g/mol. The molecule has 1 aromatic heterocycles. The summed E-state index contributed by atoms with van der Waals surface area (Å²) in [6.45, 7) is 2.17. The van der Waals surface area contributed by atoms with Crippen molar-refractivity contribution in [2.45, 2.75) is 38.6 Å². The van der Waals surface area contributed by atoms with Gasteiger partial charge in [-0.05, 0) is 31.4 Å². The van der Waals surface area contributed by atoms with Gasteiger partial charge in [0.2, 0.25) is 0 Å². The van der Waals surface area contributed by atoms with Gasteiger partial charge in [0.15, 0.2) is 5.78 Å². The number of nitrogens with one attached hydrogen (secondary N) is 1. The standard InChI is InChI=1S/C19H19NO4/c1-11-17(18-14(21)6-4-8-16(18)24-11)19(22)20-13-9-12-5-2-3-7-15(12)23-10-13/h2-3,5,7,13H,4,6,8-10H2,1H3,(H,20,22)/t13-/m1/s1. The number of benzene rings is 1. The Kier molecular flexibility index (Phi) is 3.63. The van der Waals surface area contributed by atoms with Crippen LogP contribution in [0.4, 0.5) is 0 Å². The average molecular weight is 325 g/mol. The van der Waals surface area contributed by atoms with Crippen molar-refractivity contribution in [3.8, 4) is 5.75 Å². The average Bonchev–Trinajstić information content (AvgIpc) is 2.92. The Morgan fingerprint density at radius 2 is 2.08 bits per heavy atom. The fourth-order valence-corrected chi connectivity index (χ4v) is 3.56. The van der Waals surface area contributed by atoms with Crippen LogP contribution in [0.15, 0.2) is 28.7 Å². The van der Waals surface area contributed by atoms with Gasteiger partial charge in [-0.25, -0.2) is 0 Å². The van der Waals surface area contributed by atoms with Crippen molar-refractivity contribution < 1.29 is 18.7 Å². The molecule has 0 bridgehead atoms. The van der Waals surface area contributed by atoms with E-state index in [-0.39, 0.29) is 17.7 Å². The molecule has 5 heteroatoms. The largest absolute Gasteiger partial charge is 0.491 e. The molecule has 0 radical (unpaired) electrons. The van der Waals surface area contributed by atoms with Gasteiger partial charge in [-0.1, -0.05) is 18.2 Å². The highest BCUT2D eigenvalue weighted by atomic mass is 16.5. The van der Waals surface area contributed by atoms with Gasteiger partial charge in [-0.3, -0.25) is 9.59 Å². The van der Waals surface area contributed by atoms with Crippen LogP contribution < -0.4 is 10.1 Å². The van der Waals surface area contributed by atoms with Gasteiger partial charge in [-0.2, -0.15) is 0 Å². The van der Waals surface area contributed by atoms with E-state index < -0.39 is 0 Å². The number of Topliss-reactive ketones (excluding diaryl/α,β-unsaturated/α-hetero) is 1. The zero-order valence-corrected chi connectivity index (χ0v) is 13.6. The van der Waals surface area contributed by atoms with E-state index in [4.69, 9.17) is 9.15 Å². The van der Waals surface area contributed by atoms with Crippen LogP contribution in [0.2, 0.25) is 0 Å². The number of aryl methyl sites for hydroxylation is 2. The third kappa shape index (κ3) is 2.50. The van der Waals surface area contributed by atoms with Crippen molar-refractivity contribution in [2.75, 3.05) is 6.61 Å². The number of rotatable bonds is 2. The molecule has 4 rings (SSSR count). The highest BCUT2D eigenvalue weighted by Crippen LogP contribution is 2.30. The summed E-state index contributed by atoms with van der Waals surface area (Å²) >= 11 is 0. The molecule has 24 heavy (non-hydrogen) atoms. The maximum atomic E-state index is 12.7. The Morgan fingerprint density at radius 3 is 2.96 bits per heavy atom. The lowest BCUT2D eigenvalue weighted by Crippen LogP contribution is -2.43. The fourth-order valence-electron chi connectivity index (χ4n) is 3.56. The summed E-state index contributed by atoms with van der Waals surface area (Å²) in [6.07, 6.45) is 2.70. The molecule has 2 heterocycles. The van der Waals surface area contributed by atoms with E-state index in [1.165, 1.54) is 0 Å². The number of carbonyl (C=O) groups excluding carboxylic acids is 2. The smallest absolute Gasteiger partial charge is 0.255 e. The van der Waals surface area contributed by atoms with E-state index in [9.17, 15) is 9.59 Å². The molecule has 1 amide bonds. The number of ketones is 1. The number of amides is 1. The van der Waals surface area contributed by atoms with Gasteiger partial charge in [0.1, 0.15) is 23.9 Å². The third-order valence-corrected chi connectivity index (χ3v) is 4.68. The van der Waals surface area contributed by atoms with E-state index in [1.54, 1.807) is 6.92 Å². The predicted octanol–water partition coefficient (Wildman–Crippen LogP) is 2.84. The Hall–Kier alpha value is -2.56. The van der Waals surface area contributed by atoms with Gasteiger partial charge in [0.25, 0.3) is 5.91 Å². The molecule has 1 atom stereocenters. The number of furan rings is 1. The minimum atomic E-state index is -0.249. The zero-order chi connectivity index (χ0) is 16.7. The summed E-state index contributed by atoms with van der Waals surface area (Å²) < 4.78 is 11.4. The summed E-state index contributed by atoms with van der Waals surface area (Å²) in [5.41, 5.74) is 1.96. The zero-order valence-electron chi connectivity index (χ0n) is 13.6. The van der Waals surface area contributed by atoms with Crippen LogP contribution in [0.3, 0.4) is 0 Å². The van der Waals surface area contributed by atoms with Crippen LogP contribution in [0.25, 0.3) is 0 Å². The molecule has 0 saturated carbocycles. The lowest BCUT2D eigenvalue weighted by Gasteiger charge is -2.26. The molecule has 1 aromatic carbocycles. The SMILES string of the molecule is Cc1oc2c(c1C(=O)N[C@H]1COc3ccccc3C1)C(=O)CCC2. The van der Waals surface area contributed by atoms with Gasteiger partial charge in [0.05, 0.1) is 17.2 Å². The van der Waals surface area contributed by atoms with Crippen molar-refractivity contribution in [1.82, 2.24) is 5.32 Å². The van der Waals surface area contributed by atoms with Crippen LogP contribution in [-0.2, 0) is 12.8 Å². The molecule has 124 valence electrons. The van der Waals surface area contributed by atoms with Crippen molar-refractivity contribution in [3.05, 3.63) is 52.5 Å². The highest BCUT2D eigenvalue weighted by molar-refractivity contribution is 6.10. The number of hydrogen-bond acceptors (Lipinski definition) is 4. The molecule has 1 N–H and O–H groups in total. The van der Waals surface area contributed by atoms with Crippen molar-refractivity contribution in [1.29, 1.82) is 0 Å². The molecule has 5 nitrogen and oxygen atoms in total. The number of carbonyl (C=O) groups is 2. The van der Waals surface area contributed by atoms with Crippen molar-refractivity contribution in [2.24, 2.45) is 0 Å². The van der Waals surface area contributed by atoms with Crippen LogP contribution in [-0.4, -0.2) is 24.3 Å². The first kappa shape index (κ1) is 15.0. The summed E-state index contributed by atoms with van der Waals surface area (Å²) in [6, 6.07) is 7.72.